The maximum atomic E-state index is 10.1. The molecule has 1 atom stereocenters. The van der Waals surface area contributed by atoms with Crippen LogP contribution in [0.4, 0.5) is 0 Å². The molecule has 0 saturated heterocycles. The SMILES string of the molecule is CCCC[C@@H](C)C(=O)[O-].[Na+]. The first-order valence-corrected chi connectivity index (χ1v) is 3.39. The Morgan fingerprint density at radius 1 is 1.60 bits per heavy atom. The van der Waals surface area contributed by atoms with Gasteiger partial charge in [0.25, 0.3) is 0 Å². The van der Waals surface area contributed by atoms with Crippen molar-refractivity contribution in [1.82, 2.24) is 0 Å². The van der Waals surface area contributed by atoms with Crippen LogP contribution in [-0.2, 0) is 4.79 Å². The van der Waals surface area contributed by atoms with Gasteiger partial charge in [0, 0.05) is 5.97 Å². The van der Waals surface area contributed by atoms with Gasteiger partial charge in [-0.1, -0.05) is 26.7 Å². The molecule has 0 rings (SSSR count). The van der Waals surface area contributed by atoms with Crippen LogP contribution in [0.2, 0.25) is 0 Å². The summed E-state index contributed by atoms with van der Waals surface area (Å²) in [5.74, 6) is -1.20. The first kappa shape index (κ1) is 13.1. The predicted octanol–water partition coefficient (Wildman–Crippen LogP) is -2.43. The number of aliphatic carboxylic acids is 1. The van der Waals surface area contributed by atoms with Crippen LogP contribution >= 0.6 is 0 Å². The van der Waals surface area contributed by atoms with Crippen molar-refractivity contribution in [2.75, 3.05) is 0 Å². The molecule has 10 heavy (non-hydrogen) atoms. The van der Waals surface area contributed by atoms with E-state index >= 15 is 0 Å². The Bertz CT molecular complexity index is 93.6. The second-order valence-electron chi connectivity index (χ2n) is 2.36. The van der Waals surface area contributed by atoms with Gasteiger partial charge in [0.2, 0.25) is 0 Å². The van der Waals surface area contributed by atoms with Crippen LogP contribution in [0.5, 0.6) is 0 Å². The topological polar surface area (TPSA) is 40.1 Å². The molecule has 0 aromatic rings. The number of carboxylic acids is 1. The van der Waals surface area contributed by atoms with E-state index in [1.807, 2.05) is 6.92 Å². The third-order valence-corrected chi connectivity index (χ3v) is 1.39. The smallest absolute Gasteiger partial charge is 0.550 e. The molecule has 0 bridgehead atoms. The minimum absolute atomic E-state index is 0. The molecule has 0 aromatic carbocycles. The van der Waals surface area contributed by atoms with Crippen molar-refractivity contribution >= 4 is 5.97 Å². The Kier molecular flexibility index (Phi) is 9.92. The van der Waals surface area contributed by atoms with Crippen molar-refractivity contribution in [3.8, 4) is 0 Å². The molecule has 0 aromatic heterocycles. The van der Waals surface area contributed by atoms with E-state index in [9.17, 15) is 9.90 Å². The van der Waals surface area contributed by atoms with Crippen molar-refractivity contribution in [3.05, 3.63) is 0 Å². The molecule has 54 valence electrons. The maximum absolute atomic E-state index is 10.1. The summed E-state index contributed by atoms with van der Waals surface area (Å²) in [6, 6.07) is 0. The van der Waals surface area contributed by atoms with Crippen LogP contribution in [0, 0.1) is 5.92 Å². The molecule has 2 nitrogen and oxygen atoms in total. The molecule has 0 unspecified atom stereocenters. The monoisotopic (exact) mass is 152 g/mol. The number of rotatable bonds is 4. The number of hydrogen-bond donors (Lipinski definition) is 0. The van der Waals surface area contributed by atoms with Gasteiger partial charge in [0.1, 0.15) is 0 Å². The Hall–Kier alpha value is 0.470. The van der Waals surface area contributed by atoms with Crippen molar-refractivity contribution in [3.63, 3.8) is 0 Å². The van der Waals surface area contributed by atoms with Gasteiger partial charge in [-0.05, 0) is 12.3 Å². The van der Waals surface area contributed by atoms with Gasteiger partial charge in [-0.25, -0.2) is 0 Å². The molecule has 0 fully saturated rings. The molecule has 0 saturated carbocycles. The Morgan fingerprint density at radius 2 is 2.10 bits per heavy atom. The predicted molar refractivity (Wildman–Crippen MR) is 33.7 cm³/mol. The molecule has 0 aliphatic heterocycles. The first-order valence-electron chi connectivity index (χ1n) is 3.39. The van der Waals surface area contributed by atoms with E-state index in [0.717, 1.165) is 19.3 Å². The van der Waals surface area contributed by atoms with Crippen molar-refractivity contribution in [2.24, 2.45) is 5.92 Å². The summed E-state index contributed by atoms with van der Waals surface area (Å²) in [6.07, 6.45) is 2.78. The van der Waals surface area contributed by atoms with E-state index in [4.69, 9.17) is 0 Å². The van der Waals surface area contributed by atoms with Crippen molar-refractivity contribution in [2.45, 2.75) is 33.1 Å². The van der Waals surface area contributed by atoms with E-state index in [1.54, 1.807) is 6.92 Å². The third kappa shape index (κ3) is 6.59. The molecule has 0 N–H and O–H groups in total. The van der Waals surface area contributed by atoms with Gasteiger partial charge in [0.05, 0.1) is 0 Å². The zero-order valence-corrected chi connectivity index (χ0v) is 9.02. The van der Waals surface area contributed by atoms with Gasteiger partial charge in [-0.15, -0.1) is 0 Å². The number of unbranched alkanes of at least 4 members (excludes halogenated alkanes) is 1. The number of carboxylic acid groups (broad SMARTS) is 1. The van der Waals surface area contributed by atoms with Crippen LogP contribution < -0.4 is 34.7 Å². The average molecular weight is 152 g/mol. The molecular formula is C7H13NaO2. The molecular weight excluding hydrogens is 139 g/mol. The summed E-state index contributed by atoms with van der Waals surface area (Å²) in [5.41, 5.74) is 0. The Morgan fingerprint density at radius 3 is 2.40 bits per heavy atom. The summed E-state index contributed by atoms with van der Waals surface area (Å²) in [5, 5.41) is 10.1. The average Bonchev–Trinajstić information content (AvgIpc) is 1.82. The van der Waals surface area contributed by atoms with Gasteiger partial charge in [-0.2, -0.15) is 0 Å². The fraction of sp³-hybridized carbons (Fsp3) is 0.857. The largest absolute Gasteiger partial charge is 1.00 e. The quantitative estimate of drug-likeness (QED) is 0.420. The summed E-state index contributed by atoms with van der Waals surface area (Å²) in [7, 11) is 0. The maximum Gasteiger partial charge on any atom is 1.00 e. The minimum Gasteiger partial charge on any atom is -0.550 e. The van der Waals surface area contributed by atoms with Gasteiger partial charge in [0.15, 0.2) is 0 Å². The number of hydrogen-bond acceptors (Lipinski definition) is 2. The van der Waals surface area contributed by atoms with E-state index in [0.29, 0.717) is 0 Å². The number of carbonyl (C=O) groups excluding carboxylic acids is 1. The fourth-order valence-corrected chi connectivity index (χ4v) is 0.628. The zero-order valence-electron chi connectivity index (χ0n) is 7.02. The first-order chi connectivity index (χ1) is 4.18. The van der Waals surface area contributed by atoms with Crippen LogP contribution in [0.3, 0.4) is 0 Å². The van der Waals surface area contributed by atoms with Crippen molar-refractivity contribution < 1.29 is 39.5 Å². The van der Waals surface area contributed by atoms with Crippen LogP contribution in [0.25, 0.3) is 0 Å². The zero-order chi connectivity index (χ0) is 7.28. The van der Waals surface area contributed by atoms with E-state index < -0.39 is 5.97 Å². The Labute approximate surface area is 84.3 Å². The van der Waals surface area contributed by atoms with Crippen LogP contribution in [-0.4, -0.2) is 5.97 Å². The van der Waals surface area contributed by atoms with Crippen molar-refractivity contribution in [1.29, 1.82) is 0 Å². The van der Waals surface area contributed by atoms with E-state index in [-0.39, 0.29) is 35.5 Å². The van der Waals surface area contributed by atoms with Crippen LogP contribution in [0.15, 0.2) is 0 Å². The molecule has 0 aliphatic rings. The van der Waals surface area contributed by atoms with E-state index in [1.165, 1.54) is 0 Å². The second-order valence-corrected chi connectivity index (χ2v) is 2.36. The molecule has 0 aliphatic carbocycles. The number of carbonyl (C=O) groups is 1. The fourth-order valence-electron chi connectivity index (χ4n) is 0.628. The normalized spacial score (nSPS) is 11.8. The standard InChI is InChI=1S/C7H14O2.Na/c1-3-4-5-6(2)7(8)9;/h6H,3-5H2,1-2H3,(H,8,9);/q;+1/p-1/t6-;/m1./s1. The molecule has 0 radical (unpaired) electrons. The summed E-state index contributed by atoms with van der Waals surface area (Å²) < 4.78 is 0. The molecule has 0 heterocycles. The second kappa shape index (κ2) is 7.58. The van der Waals surface area contributed by atoms with E-state index in [2.05, 4.69) is 0 Å². The summed E-state index contributed by atoms with van der Waals surface area (Å²) >= 11 is 0. The summed E-state index contributed by atoms with van der Waals surface area (Å²) in [6.45, 7) is 3.73. The van der Waals surface area contributed by atoms with Gasteiger partial charge >= 0.3 is 29.6 Å². The Balaban J connectivity index is 0. The third-order valence-electron chi connectivity index (χ3n) is 1.39. The van der Waals surface area contributed by atoms with Gasteiger partial charge in [-0.3, -0.25) is 0 Å². The molecule has 3 heteroatoms. The van der Waals surface area contributed by atoms with Gasteiger partial charge < -0.3 is 9.90 Å². The summed E-state index contributed by atoms with van der Waals surface area (Å²) in [4.78, 5) is 10.1. The minimum atomic E-state index is -0.927. The molecule has 0 amide bonds. The van der Waals surface area contributed by atoms with Crippen LogP contribution in [0.1, 0.15) is 33.1 Å². The molecule has 0 spiro atoms.